The van der Waals surface area contributed by atoms with Crippen molar-refractivity contribution in [3.63, 3.8) is 0 Å². The van der Waals surface area contributed by atoms with E-state index < -0.39 is 5.41 Å². The normalized spacial score (nSPS) is 13.1. The van der Waals surface area contributed by atoms with E-state index in [1.165, 1.54) is 33.4 Å². The number of fused-ring (bicyclic) bond motifs is 12. The maximum absolute atomic E-state index is 6.43. The van der Waals surface area contributed by atoms with Crippen LogP contribution in [-0.4, -0.2) is 24.1 Å². The molecule has 0 spiro atoms. The molecule has 1 aliphatic carbocycles. The fourth-order valence-corrected chi connectivity index (χ4v) is 10.8. The Bertz CT molecular complexity index is 3940. The van der Waals surface area contributed by atoms with Crippen LogP contribution in [0.3, 0.4) is 0 Å². The second-order valence-corrected chi connectivity index (χ2v) is 16.7. The van der Waals surface area contributed by atoms with Crippen molar-refractivity contribution in [2.45, 2.75) is 5.41 Å². The molecule has 14 rings (SSSR count). The number of furan rings is 1. The average Bonchev–Trinajstić information content (AvgIpc) is 4.09. The minimum Gasteiger partial charge on any atom is -0.456 e. The SMILES string of the molecule is c1ccc(C2(c3ccccc3)c3ccccc3-c3cc4c5ccccc5n(-c5nc(-c6ccc7c(c6)oc6ccccc67)nc(-n6c7ccccc7c7ccccc76)n5)c4cc32)cc1. The van der Waals surface area contributed by atoms with Gasteiger partial charge in [-0.1, -0.05) is 164 Å². The van der Waals surface area contributed by atoms with Crippen LogP contribution in [0.15, 0.2) is 217 Å². The van der Waals surface area contributed by atoms with Gasteiger partial charge in [-0.15, -0.1) is 0 Å². The summed E-state index contributed by atoms with van der Waals surface area (Å²) < 4.78 is 10.9. The summed E-state index contributed by atoms with van der Waals surface area (Å²) in [5.41, 5.74) is 13.3. The minimum atomic E-state index is -0.579. The smallest absolute Gasteiger partial charge is 0.240 e. The molecule has 4 aromatic heterocycles. The van der Waals surface area contributed by atoms with Crippen LogP contribution in [0, 0.1) is 0 Å². The maximum atomic E-state index is 6.43. The molecule has 1 aliphatic rings. The van der Waals surface area contributed by atoms with E-state index in [2.05, 4.69) is 203 Å². The molecule has 0 amide bonds. The lowest BCUT2D eigenvalue weighted by Gasteiger charge is -2.34. The van der Waals surface area contributed by atoms with Crippen molar-refractivity contribution in [1.82, 2.24) is 24.1 Å². The Hall–Kier alpha value is -8.61. The van der Waals surface area contributed by atoms with Crippen LogP contribution in [0.25, 0.3) is 100.0 Å². The van der Waals surface area contributed by atoms with Gasteiger partial charge < -0.3 is 4.42 Å². The molecule has 9 aromatic carbocycles. The maximum Gasteiger partial charge on any atom is 0.240 e. The van der Waals surface area contributed by atoms with Gasteiger partial charge in [-0.25, -0.2) is 0 Å². The quantitative estimate of drug-likeness (QED) is 0.174. The number of hydrogen-bond acceptors (Lipinski definition) is 4. The lowest BCUT2D eigenvalue weighted by Crippen LogP contribution is -2.28. The molecule has 0 saturated carbocycles. The number of benzene rings is 9. The van der Waals surface area contributed by atoms with Gasteiger partial charge >= 0.3 is 0 Å². The fourth-order valence-electron chi connectivity index (χ4n) is 10.8. The van der Waals surface area contributed by atoms with Gasteiger partial charge in [-0.3, -0.25) is 9.13 Å². The summed E-state index contributed by atoms with van der Waals surface area (Å²) in [6.07, 6.45) is 0. The third-order valence-electron chi connectivity index (χ3n) is 13.5. The van der Waals surface area contributed by atoms with Crippen LogP contribution in [-0.2, 0) is 5.41 Å². The van der Waals surface area contributed by atoms with Gasteiger partial charge in [0.15, 0.2) is 5.82 Å². The molecule has 4 heterocycles. The van der Waals surface area contributed by atoms with Crippen LogP contribution in [0.5, 0.6) is 0 Å². The first-order chi connectivity index (χ1) is 31.7. The number of hydrogen-bond donors (Lipinski definition) is 0. The summed E-state index contributed by atoms with van der Waals surface area (Å²) in [4.78, 5) is 16.3. The molecule has 0 unspecified atom stereocenters. The lowest BCUT2D eigenvalue weighted by molar-refractivity contribution is 0.669. The molecule has 0 bridgehead atoms. The van der Waals surface area contributed by atoms with Crippen LogP contribution < -0.4 is 0 Å². The van der Waals surface area contributed by atoms with Gasteiger partial charge in [0.25, 0.3) is 0 Å². The van der Waals surface area contributed by atoms with Gasteiger partial charge in [0.05, 0.1) is 27.5 Å². The molecule has 6 heteroatoms. The largest absolute Gasteiger partial charge is 0.456 e. The molecule has 64 heavy (non-hydrogen) atoms. The molecular weight excluding hydrogens is 783 g/mol. The number of nitrogens with zero attached hydrogens (tertiary/aromatic N) is 5. The van der Waals surface area contributed by atoms with E-state index in [1.54, 1.807) is 0 Å². The van der Waals surface area contributed by atoms with E-state index >= 15 is 0 Å². The van der Waals surface area contributed by atoms with Crippen molar-refractivity contribution in [2.75, 3.05) is 0 Å². The predicted octanol–water partition coefficient (Wildman–Crippen LogP) is 14.0. The van der Waals surface area contributed by atoms with Crippen LogP contribution in [0.1, 0.15) is 22.3 Å². The van der Waals surface area contributed by atoms with E-state index in [-0.39, 0.29) is 0 Å². The second kappa shape index (κ2) is 13.2. The Kier molecular flexibility index (Phi) is 7.22. The zero-order chi connectivity index (χ0) is 41.9. The van der Waals surface area contributed by atoms with Gasteiger partial charge in [-0.05, 0) is 81.9 Å². The van der Waals surface area contributed by atoms with Gasteiger partial charge in [0.2, 0.25) is 11.9 Å². The van der Waals surface area contributed by atoms with Crippen molar-refractivity contribution in [3.05, 3.63) is 235 Å². The Labute approximate surface area is 367 Å². The summed E-state index contributed by atoms with van der Waals surface area (Å²) in [6, 6.07) is 75.7. The molecule has 6 nitrogen and oxygen atoms in total. The van der Waals surface area contributed by atoms with Crippen LogP contribution >= 0.6 is 0 Å². The van der Waals surface area contributed by atoms with Crippen molar-refractivity contribution >= 4 is 65.6 Å². The Morgan fingerprint density at radius 2 is 0.859 bits per heavy atom. The Morgan fingerprint density at radius 1 is 0.344 bits per heavy atom. The molecule has 298 valence electrons. The van der Waals surface area contributed by atoms with Crippen molar-refractivity contribution in [1.29, 1.82) is 0 Å². The average molecular weight is 818 g/mol. The van der Waals surface area contributed by atoms with Gasteiger partial charge in [0, 0.05) is 37.9 Å². The van der Waals surface area contributed by atoms with Crippen molar-refractivity contribution < 1.29 is 4.42 Å². The van der Waals surface area contributed by atoms with Crippen LogP contribution in [0.2, 0.25) is 0 Å². The summed E-state index contributed by atoms with van der Waals surface area (Å²) in [6.45, 7) is 0. The molecule has 0 N–H and O–H groups in total. The monoisotopic (exact) mass is 817 g/mol. The highest BCUT2D eigenvalue weighted by atomic mass is 16.3. The first kappa shape index (κ1) is 35.0. The molecule has 0 atom stereocenters. The first-order valence-corrected chi connectivity index (χ1v) is 21.7. The van der Waals surface area contributed by atoms with E-state index in [9.17, 15) is 0 Å². The zero-order valence-corrected chi connectivity index (χ0v) is 34.4. The van der Waals surface area contributed by atoms with Gasteiger partial charge in [-0.2, -0.15) is 15.0 Å². The highest BCUT2D eigenvalue weighted by Gasteiger charge is 2.46. The number of para-hydroxylation sites is 4. The third kappa shape index (κ3) is 4.76. The number of aromatic nitrogens is 5. The Morgan fingerprint density at radius 3 is 1.52 bits per heavy atom. The third-order valence-corrected chi connectivity index (χ3v) is 13.5. The molecule has 0 radical (unpaired) electrons. The minimum absolute atomic E-state index is 0.526. The second-order valence-electron chi connectivity index (χ2n) is 16.7. The van der Waals surface area contributed by atoms with Crippen molar-refractivity contribution in [2.24, 2.45) is 0 Å². The van der Waals surface area contributed by atoms with Gasteiger partial charge in [0.1, 0.15) is 11.2 Å². The fraction of sp³-hybridized carbons (Fsp3) is 0.0172. The van der Waals surface area contributed by atoms with E-state index in [0.29, 0.717) is 17.7 Å². The summed E-state index contributed by atoms with van der Waals surface area (Å²) in [7, 11) is 0. The lowest BCUT2D eigenvalue weighted by atomic mass is 9.67. The Balaban J connectivity index is 1.10. The highest BCUT2D eigenvalue weighted by molar-refractivity contribution is 6.12. The molecule has 0 saturated heterocycles. The summed E-state index contributed by atoms with van der Waals surface area (Å²) in [5, 5.41) is 6.65. The topological polar surface area (TPSA) is 61.7 Å². The molecular formula is C58H35N5O. The van der Waals surface area contributed by atoms with Crippen LogP contribution in [0.4, 0.5) is 0 Å². The summed E-state index contributed by atoms with van der Waals surface area (Å²) >= 11 is 0. The van der Waals surface area contributed by atoms with Crippen molar-refractivity contribution in [3.8, 4) is 34.4 Å². The zero-order valence-electron chi connectivity index (χ0n) is 34.4. The standard InChI is InChI=1S/C58H35N5O/c1-3-17-37(18-4-1)58(38-19-5-2-6-20-38)47-26-12-7-21-39(47)45-34-46-42-24-10-15-29-51(42)63(52(46)35-48(45)58)57-60-55(36-31-32-44-43-25-11-16-30-53(43)64-54(44)33-36)59-56(61-57)62-49-27-13-8-22-40(49)41-23-9-14-28-50(41)62/h1-35H. The summed E-state index contributed by atoms with van der Waals surface area (Å²) in [5.74, 6) is 1.61. The molecule has 0 fully saturated rings. The first-order valence-electron chi connectivity index (χ1n) is 21.7. The van der Waals surface area contributed by atoms with E-state index in [4.69, 9.17) is 19.4 Å². The highest BCUT2D eigenvalue weighted by Crippen LogP contribution is 2.57. The molecule has 0 aliphatic heterocycles. The molecule has 13 aromatic rings. The number of rotatable bonds is 5. The van der Waals surface area contributed by atoms with E-state index in [1.807, 2.05) is 18.2 Å². The van der Waals surface area contributed by atoms with E-state index in [0.717, 1.165) is 71.1 Å². The predicted molar refractivity (Wildman–Crippen MR) is 259 cm³/mol.